The first-order valence-electron chi connectivity index (χ1n) is 14.1. The predicted octanol–water partition coefficient (Wildman–Crippen LogP) is 7.64. The van der Waals surface area contributed by atoms with Gasteiger partial charge in [0.05, 0.1) is 0 Å². The molecule has 0 saturated heterocycles. The van der Waals surface area contributed by atoms with E-state index in [9.17, 15) is 9.59 Å². The first-order valence-corrected chi connectivity index (χ1v) is 14.1. The molecule has 6 rings (SSSR count). The second-order valence-electron chi connectivity index (χ2n) is 10.2. The topological polar surface area (TPSA) is 89.8 Å². The van der Waals surface area contributed by atoms with Gasteiger partial charge in [0.15, 0.2) is 0 Å². The van der Waals surface area contributed by atoms with Gasteiger partial charge in [0.25, 0.3) is 0 Å². The van der Waals surface area contributed by atoms with Crippen LogP contribution in [0.5, 0.6) is 5.75 Å². The van der Waals surface area contributed by atoms with Gasteiger partial charge in [0.2, 0.25) is 5.91 Å². The third-order valence-corrected chi connectivity index (χ3v) is 7.08. The number of furan rings is 1. The van der Waals surface area contributed by atoms with Crippen LogP contribution in [-0.2, 0) is 29.2 Å². The smallest absolute Gasteiger partial charge is 0.408 e. The Morgan fingerprint density at radius 3 is 2.05 bits per heavy atom. The first kappa shape index (κ1) is 27.6. The van der Waals surface area contributed by atoms with Crippen molar-refractivity contribution in [2.45, 2.75) is 25.7 Å². The minimum Gasteiger partial charge on any atom is -0.489 e. The summed E-state index contributed by atoms with van der Waals surface area (Å²) in [4.78, 5) is 26.3. The third kappa shape index (κ3) is 7.02. The highest BCUT2D eigenvalue weighted by atomic mass is 16.5. The number of rotatable bonds is 10. The van der Waals surface area contributed by atoms with Crippen LogP contribution in [0.25, 0.3) is 21.9 Å². The fourth-order valence-electron chi connectivity index (χ4n) is 4.85. The van der Waals surface area contributed by atoms with Gasteiger partial charge < -0.3 is 24.5 Å². The highest BCUT2D eigenvalue weighted by Crippen LogP contribution is 2.30. The molecule has 0 aliphatic rings. The van der Waals surface area contributed by atoms with Crippen LogP contribution >= 0.6 is 0 Å². The second-order valence-corrected chi connectivity index (χ2v) is 10.2. The molecule has 2 N–H and O–H groups in total. The van der Waals surface area contributed by atoms with Gasteiger partial charge in [-0.3, -0.25) is 4.79 Å². The lowest BCUT2D eigenvalue weighted by atomic mass is 10.0. The third-order valence-electron chi connectivity index (χ3n) is 7.08. The van der Waals surface area contributed by atoms with Crippen LogP contribution in [0.2, 0.25) is 0 Å². The van der Waals surface area contributed by atoms with Gasteiger partial charge in [-0.05, 0) is 47.0 Å². The molecule has 1 atom stereocenters. The predicted molar refractivity (Wildman–Crippen MR) is 167 cm³/mol. The molecule has 7 nitrogen and oxygen atoms in total. The minimum absolute atomic E-state index is 0.0944. The first-order chi connectivity index (χ1) is 21.1. The molecule has 1 aromatic heterocycles. The van der Waals surface area contributed by atoms with Gasteiger partial charge >= 0.3 is 6.09 Å². The Kier molecular flexibility index (Phi) is 8.32. The zero-order valence-corrected chi connectivity index (χ0v) is 23.4. The van der Waals surface area contributed by atoms with E-state index in [0.29, 0.717) is 23.6 Å². The number of carbonyl (C=O) groups is 2. The van der Waals surface area contributed by atoms with E-state index in [1.807, 2.05) is 121 Å². The molecule has 5 aromatic carbocycles. The number of carbonyl (C=O) groups excluding carboxylic acids is 2. The number of amides is 2. The van der Waals surface area contributed by atoms with Crippen molar-refractivity contribution < 1.29 is 23.5 Å². The number of hydrogen-bond donors (Lipinski definition) is 2. The van der Waals surface area contributed by atoms with Gasteiger partial charge in [-0.2, -0.15) is 0 Å². The van der Waals surface area contributed by atoms with Crippen molar-refractivity contribution in [3.63, 3.8) is 0 Å². The average molecular weight is 571 g/mol. The Labute approximate surface area is 249 Å². The van der Waals surface area contributed by atoms with E-state index < -0.39 is 12.1 Å². The average Bonchev–Trinajstić information content (AvgIpc) is 3.42. The molecule has 2 amide bonds. The summed E-state index contributed by atoms with van der Waals surface area (Å²) < 4.78 is 17.3. The number of benzene rings is 5. The maximum absolute atomic E-state index is 13.5. The quantitative estimate of drug-likeness (QED) is 0.177. The number of ether oxygens (including phenoxy) is 2. The van der Waals surface area contributed by atoms with Gasteiger partial charge in [-0.15, -0.1) is 0 Å². The normalized spacial score (nSPS) is 11.6. The van der Waals surface area contributed by atoms with Crippen molar-refractivity contribution in [1.29, 1.82) is 0 Å². The molecule has 0 aliphatic carbocycles. The fraction of sp³-hybridized carbons (Fsp3) is 0.111. The van der Waals surface area contributed by atoms with E-state index in [-0.39, 0.29) is 18.9 Å². The van der Waals surface area contributed by atoms with Crippen molar-refractivity contribution in [3.05, 3.63) is 144 Å². The second kappa shape index (κ2) is 13.0. The molecular formula is C36H30N2O5. The van der Waals surface area contributed by atoms with Crippen LogP contribution in [0.4, 0.5) is 10.5 Å². The summed E-state index contributed by atoms with van der Waals surface area (Å²) in [5, 5.41) is 7.65. The van der Waals surface area contributed by atoms with Crippen molar-refractivity contribution in [2.75, 3.05) is 5.32 Å². The lowest BCUT2D eigenvalue weighted by molar-refractivity contribution is -0.118. The molecule has 0 saturated carbocycles. The summed E-state index contributed by atoms with van der Waals surface area (Å²) in [5.41, 5.74) is 4.77. The van der Waals surface area contributed by atoms with Gasteiger partial charge in [0, 0.05) is 28.9 Å². The fourth-order valence-corrected chi connectivity index (χ4v) is 4.85. The SMILES string of the molecule is O=C(N[C@@H](Cc1ccc(OCc2ccccc2)cc1)C(=O)Nc1ccc2c(c1)oc1ccccc12)OCc1ccccc1. The van der Waals surface area contributed by atoms with Gasteiger partial charge in [-0.1, -0.05) is 91.0 Å². The number of nitrogens with one attached hydrogen (secondary N) is 2. The number of fused-ring (bicyclic) bond motifs is 3. The summed E-state index contributed by atoms with van der Waals surface area (Å²) >= 11 is 0. The van der Waals surface area contributed by atoms with Gasteiger partial charge in [0.1, 0.15) is 36.2 Å². The number of anilines is 1. The van der Waals surface area contributed by atoms with Crippen molar-refractivity contribution in [3.8, 4) is 5.75 Å². The molecule has 0 bridgehead atoms. The van der Waals surface area contributed by atoms with E-state index in [1.54, 1.807) is 6.07 Å². The number of alkyl carbamates (subject to hydrolysis) is 1. The van der Waals surface area contributed by atoms with Crippen LogP contribution in [0.15, 0.2) is 132 Å². The van der Waals surface area contributed by atoms with Crippen LogP contribution in [-0.4, -0.2) is 18.0 Å². The van der Waals surface area contributed by atoms with Gasteiger partial charge in [-0.25, -0.2) is 4.79 Å². The molecule has 0 unspecified atom stereocenters. The molecule has 214 valence electrons. The van der Waals surface area contributed by atoms with Crippen LogP contribution in [0.1, 0.15) is 16.7 Å². The van der Waals surface area contributed by atoms with E-state index in [0.717, 1.165) is 33.0 Å². The largest absolute Gasteiger partial charge is 0.489 e. The monoisotopic (exact) mass is 570 g/mol. The van der Waals surface area contributed by atoms with Crippen molar-refractivity contribution in [1.82, 2.24) is 5.32 Å². The molecular weight excluding hydrogens is 540 g/mol. The molecule has 0 spiro atoms. The minimum atomic E-state index is -0.897. The number of hydrogen-bond acceptors (Lipinski definition) is 5. The maximum atomic E-state index is 13.5. The Morgan fingerprint density at radius 1 is 0.651 bits per heavy atom. The Bertz CT molecular complexity index is 1830. The van der Waals surface area contributed by atoms with E-state index in [1.165, 1.54) is 0 Å². The molecule has 0 fully saturated rings. The highest BCUT2D eigenvalue weighted by Gasteiger charge is 2.23. The summed E-state index contributed by atoms with van der Waals surface area (Å²) in [6.07, 6.45) is -0.433. The van der Waals surface area contributed by atoms with Crippen LogP contribution in [0.3, 0.4) is 0 Å². The molecule has 0 radical (unpaired) electrons. The lowest BCUT2D eigenvalue weighted by Crippen LogP contribution is -2.45. The highest BCUT2D eigenvalue weighted by molar-refractivity contribution is 6.06. The summed E-state index contributed by atoms with van der Waals surface area (Å²) in [6.45, 7) is 0.548. The van der Waals surface area contributed by atoms with Crippen molar-refractivity contribution >= 4 is 39.6 Å². The zero-order valence-electron chi connectivity index (χ0n) is 23.4. The Hall–Kier alpha value is -5.56. The Balaban J connectivity index is 1.15. The maximum Gasteiger partial charge on any atom is 0.408 e. The lowest BCUT2D eigenvalue weighted by Gasteiger charge is -2.19. The standard InChI is InChI=1S/C36H30N2O5/c39-35(37-28-17-20-31-30-13-7-8-14-33(30)43-34(31)22-28)32(38-36(40)42-24-27-11-5-2-6-12-27)21-25-15-18-29(19-16-25)41-23-26-9-3-1-4-10-26/h1-20,22,32H,21,23-24H2,(H,37,39)(H,38,40)/t32-/m0/s1. The summed E-state index contributed by atoms with van der Waals surface area (Å²) in [6, 6.07) is 39.2. The van der Waals surface area contributed by atoms with Crippen LogP contribution in [0, 0.1) is 0 Å². The van der Waals surface area contributed by atoms with E-state index in [4.69, 9.17) is 13.9 Å². The molecule has 7 heteroatoms. The molecule has 0 aliphatic heterocycles. The molecule has 6 aromatic rings. The van der Waals surface area contributed by atoms with Crippen molar-refractivity contribution in [2.24, 2.45) is 0 Å². The molecule has 1 heterocycles. The number of para-hydroxylation sites is 1. The summed E-state index contributed by atoms with van der Waals surface area (Å²) in [5.74, 6) is 0.333. The summed E-state index contributed by atoms with van der Waals surface area (Å²) in [7, 11) is 0. The van der Waals surface area contributed by atoms with E-state index in [2.05, 4.69) is 10.6 Å². The van der Waals surface area contributed by atoms with Crippen LogP contribution < -0.4 is 15.4 Å². The Morgan fingerprint density at radius 2 is 1.30 bits per heavy atom. The molecule has 43 heavy (non-hydrogen) atoms. The zero-order chi connectivity index (χ0) is 29.4. The van der Waals surface area contributed by atoms with E-state index >= 15 is 0 Å².